The molecule has 2 aromatic carbocycles. The van der Waals surface area contributed by atoms with E-state index in [2.05, 4.69) is 47.3 Å². The van der Waals surface area contributed by atoms with Gasteiger partial charge in [-0.15, -0.1) is 0 Å². The molecule has 0 aliphatic carbocycles. The van der Waals surface area contributed by atoms with Crippen LogP contribution in [0.2, 0.25) is 0 Å². The van der Waals surface area contributed by atoms with Crippen molar-refractivity contribution in [1.29, 1.82) is 0 Å². The Labute approximate surface area is 236 Å². The Balaban J connectivity index is 1.22. The predicted octanol–water partition coefficient (Wildman–Crippen LogP) is 3.73. The fraction of sp³-hybridized carbons (Fsp3) is 0.241. The van der Waals surface area contributed by atoms with Gasteiger partial charge in [0.1, 0.15) is 17.5 Å². The fourth-order valence-electron chi connectivity index (χ4n) is 4.87. The normalized spacial score (nSPS) is 13.8. The van der Waals surface area contributed by atoms with Gasteiger partial charge in [0.05, 0.1) is 12.1 Å². The Morgan fingerprint density at radius 3 is 2.54 bits per heavy atom. The summed E-state index contributed by atoms with van der Waals surface area (Å²) < 4.78 is 6.75. The fourth-order valence-corrected chi connectivity index (χ4v) is 4.87. The van der Waals surface area contributed by atoms with E-state index in [0.717, 1.165) is 25.3 Å². The highest BCUT2D eigenvalue weighted by atomic mass is 16.5. The number of nitrogens with one attached hydrogen (secondary N) is 2. The molecule has 0 unspecified atom stereocenters. The molecule has 1 aliphatic heterocycles. The summed E-state index contributed by atoms with van der Waals surface area (Å²) in [6.45, 7) is 5.74. The van der Waals surface area contributed by atoms with Gasteiger partial charge in [0, 0.05) is 62.6 Å². The number of aromatic nitrogens is 6. The number of aromatic amines is 1. The zero-order valence-electron chi connectivity index (χ0n) is 22.5. The molecular weight excluding hydrogens is 522 g/mol. The number of amides is 2. The van der Waals surface area contributed by atoms with Gasteiger partial charge in [-0.25, -0.2) is 24.7 Å². The maximum Gasteiger partial charge on any atom is 0.413 e. The minimum Gasteiger partial charge on any atom is -0.450 e. The zero-order valence-corrected chi connectivity index (χ0v) is 22.5. The Morgan fingerprint density at radius 1 is 1.00 bits per heavy atom. The zero-order chi connectivity index (χ0) is 28.2. The first-order valence-corrected chi connectivity index (χ1v) is 13.4. The van der Waals surface area contributed by atoms with Gasteiger partial charge in [0.2, 0.25) is 5.95 Å². The van der Waals surface area contributed by atoms with Gasteiger partial charge in [-0.1, -0.05) is 30.3 Å². The summed E-state index contributed by atoms with van der Waals surface area (Å²) in [5.41, 5.74) is 4.25. The molecule has 1 saturated heterocycles. The molecule has 41 heavy (non-hydrogen) atoms. The first kappa shape index (κ1) is 26.1. The van der Waals surface area contributed by atoms with Crippen molar-refractivity contribution in [2.24, 2.45) is 0 Å². The molecular formula is C29H29N9O3. The number of imidazole rings is 2. The van der Waals surface area contributed by atoms with Crippen LogP contribution in [-0.2, 0) is 11.3 Å². The first-order valence-electron chi connectivity index (χ1n) is 13.4. The molecule has 0 saturated carbocycles. The van der Waals surface area contributed by atoms with E-state index in [-0.39, 0.29) is 18.5 Å². The quantitative estimate of drug-likeness (QED) is 0.313. The number of hydrogen-bond acceptors (Lipinski definition) is 8. The molecule has 0 radical (unpaired) electrons. The van der Waals surface area contributed by atoms with E-state index in [1.165, 1.54) is 5.56 Å². The van der Waals surface area contributed by atoms with Crippen LogP contribution in [-0.4, -0.2) is 84.1 Å². The number of anilines is 1. The Morgan fingerprint density at radius 2 is 1.78 bits per heavy atom. The van der Waals surface area contributed by atoms with Gasteiger partial charge in [0.15, 0.2) is 5.82 Å². The van der Waals surface area contributed by atoms with Crippen LogP contribution < -0.4 is 5.32 Å². The van der Waals surface area contributed by atoms with E-state index < -0.39 is 6.09 Å². The Bertz CT molecular complexity index is 1660. The molecule has 12 heteroatoms. The van der Waals surface area contributed by atoms with Crippen molar-refractivity contribution >= 4 is 29.0 Å². The van der Waals surface area contributed by atoms with E-state index in [1.54, 1.807) is 42.5 Å². The van der Waals surface area contributed by atoms with Crippen molar-refractivity contribution in [3.05, 3.63) is 84.7 Å². The van der Waals surface area contributed by atoms with Crippen molar-refractivity contribution in [3.8, 4) is 17.1 Å². The average Bonchev–Trinajstić information content (AvgIpc) is 3.65. The summed E-state index contributed by atoms with van der Waals surface area (Å²) >= 11 is 0. The summed E-state index contributed by atoms with van der Waals surface area (Å²) in [5, 5.41) is 2.60. The van der Waals surface area contributed by atoms with Crippen LogP contribution in [0.25, 0.3) is 28.1 Å². The average molecular weight is 552 g/mol. The third-order valence-corrected chi connectivity index (χ3v) is 6.88. The monoisotopic (exact) mass is 551 g/mol. The third kappa shape index (κ3) is 5.77. The van der Waals surface area contributed by atoms with Gasteiger partial charge in [-0.2, -0.15) is 0 Å². The maximum absolute atomic E-state index is 13.3. The number of piperazine rings is 1. The number of hydrogen-bond donors (Lipinski definition) is 2. The lowest BCUT2D eigenvalue weighted by molar-refractivity contribution is 0.0623. The highest BCUT2D eigenvalue weighted by Crippen LogP contribution is 2.29. The minimum atomic E-state index is -0.608. The first-order chi connectivity index (χ1) is 20.1. The summed E-state index contributed by atoms with van der Waals surface area (Å²) in [6.07, 6.45) is 6.04. The molecule has 5 aromatic rings. The van der Waals surface area contributed by atoms with Crippen LogP contribution in [0.5, 0.6) is 0 Å². The molecule has 12 nitrogen and oxygen atoms in total. The Hall–Kier alpha value is -5.10. The van der Waals surface area contributed by atoms with Crippen LogP contribution in [0.15, 0.2) is 73.4 Å². The predicted molar refractivity (Wildman–Crippen MR) is 153 cm³/mol. The van der Waals surface area contributed by atoms with Crippen molar-refractivity contribution in [2.75, 3.05) is 38.1 Å². The van der Waals surface area contributed by atoms with E-state index in [9.17, 15) is 9.59 Å². The number of ether oxygens (including phenoxy) is 1. The smallest absolute Gasteiger partial charge is 0.413 e. The molecule has 0 spiro atoms. The van der Waals surface area contributed by atoms with Gasteiger partial charge in [-0.05, 0) is 30.7 Å². The number of benzene rings is 2. The molecule has 4 heterocycles. The van der Waals surface area contributed by atoms with Gasteiger partial charge in [-0.3, -0.25) is 15.0 Å². The molecule has 3 aromatic heterocycles. The summed E-state index contributed by atoms with van der Waals surface area (Å²) in [5.74, 6) is 0.609. The van der Waals surface area contributed by atoms with Gasteiger partial charge < -0.3 is 19.2 Å². The molecule has 2 amide bonds. The third-order valence-electron chi connectivity index (χ3n) is 6.88. The van der Waals surface area contributed by atoms with Crippen LogP contribution >= 0.6 is 0 Å². The van der Waals surface area contributed by atoms with Crippen LogP contribution in [0.1, 0.15) is 23.0 Å². The number of rotatable bonds is 7. The molecule has 208 valence electrons. The van der Waals surface area contributed by atoms with E-state index in [0.29, 0.717) is 41.2 Å². The molecule has 0 atom stereocenters. The lowest BCUT2D eigenvalue weighted by Crippen LogP contribution is -2.48. The molecule has 2 N–H and O–H groups in total. The second kappa shape index (κ2) is 11.6. The summed E-state index contributed by atoms with van der Waals surface area (Å²) in [6, 6.07) is 15.8. The summed E-state index contributed by atoms with van der Waals surface area (Å²) in [7, 11) is 0. The molecule has 1 aliphatic rings. The maximum atomic E-state index is 13.3. The van der Waals surface area contributed by atoms with Crippen molar-refractivity contribution in [1.82, 2.24) is 39.3 Å². The van der Waals surface area contributed by atoms with Crippen LogP contribution in [0, 0.1) is 0 Å². The van der Waals surface area contributed by atoms with Gasteiger partial charge in [0.25, 0.3) is 5.91 Å². The highest BCUT2D eigenvalue weighted by molar-refractivity contribution is 5.95. The lowest BCUT2D eigenvalue weighted by Gasteiger charge is -2.34. The second-order valence-corrected chi connectivity index (χ2v) is 9.61. The number of nitrogens with zero attached hydrogens (tertiary/aromatic N) is 7. The topological polar surface area (TPSA) is 134 Å². The molecule has 6 rings (SSSR count). The van der Waals surface area contributed by atoms with Crippen LogP contribution in [0.4, 0.5) is 10.7 Å². The van der Waals surface area contributed by atoms with Crippen molar-refractivity contribution in [3.63, 3.8) is 0 Å². The molecule has 0 bridgehead atoms. The minimum absolute atomic E-state index is 0.0988. The highest BCUT2D eigenvalue weighted by Gasteiger charge is 2.24. The van der Waals surface area contributed by atoms with Crippen molar-refractivity contribution in [2.45, 2.75) is 13.5 Å². The molecule has 1 fully saturated rings. The largest absolute Gasteiger partial charge is 0.450 e. The second-order valence-electron chi connectivity index (χ2n) is 9.61. The number of carbonyl (C=O) groups is 2. The van der Waals surface area contributed by atoms with Gasteiger partial charge >= 0.3 is 6.09 Å². The van der Waals surface area contributed by atoms with E-state index in [1.807, 2.05) is 35.2 Å². The Kier molecular flexibility index (Phi) is 7.37. The SMILES string of the molecule is CCOC(=O)Nc1nc2c(-c3ncccn3)cc(-n3cnc(C(=O)N4CCN(Cc5ccccc5)CC4)c3)cc2[nH]1. The van der Waals surface area contributed by atoms with Crippen molar-refractivity contribution < 1.29 is 14.3 Å². The van der Waals surface area contributed by atoms with Crippen LogP contribution in [0.3, 0.4) is 0 Å². The summed E-state index contributed by atoms with van der Waals surface area (Å²) in [4.78, 5) is 50.3. The number of fused-ring (bicyclic) bond motifs is 1. The van der Waals surface area contributed by atoms with E-state index >= 15 is 0 Å². The number of H-pyrrole nitrogens is 1. The standard InChI is InChI=1S/C29H29N9O3/c1-2-41-29(40)35-28-33-23-16-21(15-22(25(23)34-28)26-30-9-6-10-31-26)38-18-24(32-19-38)27(39)37-13-11-36(12-14-37)17-20-7-4-3-5-8-20/h3-10,15-16,18-19H,2,11-14,17H2,1H3,(H2,33,34,35,40). The lowest BCUT2D eigenvalue weighted by atomic mass is 10.1. The number of carbonyl (C=O) groups excluding carboxylic acids is 2. The van der Waals surface area contributed by atoms with E-state index in [4.69, 9.17) is 4.74 Å².